The Kier molecular flexibility index (Phi) is 2.68. The van der Waals surface area contributed by atoms with Gasteiger partial charge < -0.3 is 5.32 Å². The fraction of sp³-hybridized carbons (Fsp3) is 0.111. The average Bonchev–Trinajstić information content (AvgIpc) is 2.92. The number of hydrogen-bond acceptors (Lipinski definition) is 1. The van der Waals surface area contributed by atoms with Crippen molar-refractivity contribution >= 4 is 28.1 Å². The molecule has 0 saturated heterocycles. The summed E-state index contributed by atoms with van der Waals surface area (Å²) in [5.41, 5.74) is 3.80. The number of halogens is 1. The molecule has 0 saturated carbocycles. The van der Waals surface area contributed by atoms with E-state index in [-0.39, 0.29) is 6.04 Å². The molecule has 0 fully saturated rings. The minimum atomic E-state index is 0.268. The standard InChI is InChI=1S/C18H14ClN/c19-16-8-4-3-7-15(16)17-11-13-10-9-12-5-1-2-6-14(12)18(13)20-17/h1-10,17,20H,11H2. The van der Waals surface area contributed by atoms with Gasteiger partial charge >= 0.3 is 0 Å². The fourth-order valence-electron chi connectivity index (χ4n) is 3.05. The van der Waals surface area contributed by atoms with E-state index < -0.39 is 0 Å². The van der Waals surface area contributed by atoms with E-state index in [9.17, 15) is 0 Å². The Morgan fingerprint density at radius 3 is 2.60 bits per heavy atom. The minimum absolute atomic E-state index is 0.268. The van der Waals surface area contributed by atoms with Crippen LogP contribution >= 0.6 is 11.6 Å². The van der Waals surface area contributed by atoms with Crippen LogP contribution in [0, 0.1) is 0 Å². The summed E-state index contributed by atoms with van der Waals surface area (Å²) in [7, 11) is 0. The molecule has 1 aliphatic heterocycles. The maximum Gasteiger partial charge on any atom is 0.0569 e. The summed E-state index contributed by atoms with van der Waals surface area (Å²) < 4.78 is 0. The largest absolute Gasteiger partial charge is 0.377 e. The van der Waals surface area contributed by atoms with Gasteiger partial charge in [-0.3, -0.25) is 0 Å². The third kappa shape index (κ3) is 1.78. The second-order valence-corrected chi connectivity index (χ2v) is 5.65. The lowest BCUT2D eigenvalue weighted by Gasteiger charge is -2.13. The number of fused-ring (bicyclic) bond motifs is 3. The zero-order valence-electron chi connectivity index (χ0n) is 10.9. The smallest absolute Gasteiger partial charge is 0.0569 e. The molecule has 20 heavy (non-hydrogen) atoms. The Labute approximate surface area is 123 Å². The average molecular weight is 280 g/mol. The normalized spacial score (nSPS) is 16.9. The first-order valence-corrected chi connectivity index (χ1v) is 7.22. The van der Waals surface area contributed by atoms with Crippen molar-refractivity contribution in [2.45, 2.75) is 12.5 Å². The molecular formula is C18H14ClN. The fourth-order valence-corrected chi connectivity index (χ4v) is 3.32. The molecule has 3 aromatic carbocycles. The Hall–Kier alpha value is -1.99. The molecule has 1 N–H and O–H groups in total. The van der Waals surface area contributed by atoms with Crippen molar-refractivity contribution in [2.24, 2.45) is 0 Å². The van der Waals surface area contributed by atoms with E-state index in [0.717, 1.165) is 11.4 Å². The molecule has 1 atom stereocenters. The van der Waals surface area contributed by atoms with Gasteiger partial charge in [-0.1, -0.05) is 66.2 Å². The molecule has 1 aliphatic rings. The molecule has 0 spiro atoms. The highest BCUT2D eigenvalue weighted by Gasteiger charge is 2.24. The molecule has 0 bridgehead atoms. The van der Waals surface area contributed by atoms with Crippen molar-refractivity contribution in [3.63, 3.8) is 0 Å². The second kappa shape index (κ2) is 4.53. The first-order chi connectivity index (χ1) is 9.83. The van der Waals surface area contributed by atoms with Crippen molar-refractivity contribution in [1.29, 1.82) is 0 Å². The van der Waals surface area contributed by atoms with Crippen LogP contribution in [0.1, 0.15) is 17.2 Å². The highest BCUT2D eigenvalue weighted by molar-refractivity contribution is 6.31. The predicted octanol–water partition coefficient (Wildman–Crippen LogP) is 5.20. The van der Waals surface area contributed by atoms with Gasteiger partial charge in [0.05, 0.1) is 6.04 Å². The van der Waals surface area contributed by atoms with E-state index in [1.54, 1.807) is 0 Å². The van der Waals surface area contributed by atoms with Crippen LogP contribution in [0.2, 0.25) is 5.02 Å². The number of anilines is 1. The number of rotatable bonds is 1. The molecule has 3 aromatic rings. The third-order valence-electron chi connectivity index (χ3n) is 4.04. The lowest BCUT2D eigenvalue weighted by Crippen LogP contribution is -2.06. The van der Waals surface area contributed by atoms with Crippen molar-refractivity contribution in [1.82, 2.24) is 0 Å². The van der Waals surface area contributed by atoms with Crippen molar-refractivity contribution in [3.8, 4) is 0 Å². The summed E-state index contributed by atoms with van der Waals surface area (Å²) in [5, 5.41) is 7.05. The van der Waals surface area contributed by atoms with Gasteiger partial charge in [0.1, 0.15) is 0 Å². The van der Waals surface area contributed by atoms with Gasteiger partial charge in [0.2, 0.25) is 0 Å². The van der Waals surface area contributed by atoms with E-state index in [0.29, 0.717) is 0 Å². The molecule has 0 aromatic heterocycles. The van der Waals surface area contributed by atoms with Crippen molar-refractivity contribution in [2.75, 3.05) is 5.32 Å². The van der Waals surface area contributed by atoms with Crippen LogP contribution < -0.4 is 5.32 Å². The summed E-state index contributed by atoms with van der Waals surface area (Å²) in [5.74, 6) is 0. The highest BCUT2D eigenvalue weighted by atomic mass is 35.5. The predicted molar refractivity (Wildman–Crippen MR) is 85.5 cm³/mol. The number of benzene rings is 3. The summed E-state index contributed by atoms with van der Waals surface area (Å²) >= 11 is 6.33. The first-order valence-electron chi connectivity index (χ1n) is 6.84. The Morgan fingerprint density at radius 2 is 1.70 bits per heavy atom. The molecule has 2 heteroatoms. The third-order valence-corrected chi connectivity index (χ3v) is 4.38. The van der Waals surface area contributed by atoms with Crippen LogP contribution in [0.4, 0.5) is 5.69 Å². The number of nitrogens with one attached hydrogen (secondary N) is 1. The molecule has 0 radical (unpaired) electrons. The van der Waals surface area contributed by atoms with E-state index in [1.807, 2.05) is 18.2 Å². The van der Waals surface area contributed by atoms with Gasteiger partial charge in [0.25, 0.3) is 0 Å². The van der Waals surface area contributed by atoms with E-state index in [4.69, 9.17) is 11.6 Å². The van der Waals surface area contributed by atoms with Gasteiger partial charge in [-0.25, -0.2) is 0 Å². The SMILES string of the molecule is Clc1ccccc1C1Cc2ccc3ccccc3c2N1. The van der Waals surface area contributed by atoms with Gasteiger partial charge in [-0.05, 0) is 29.0 Å². The summed E-state index contributed by atoms with van der Waals surface area (Å²) in [6.45, 7) is 0. The van der Waals surface area contributed by atoms with Crippen molar-refractivity contribution in [3.05, 3.63) is 76.8 Å². The van der Waals surface area contributed by atoms with E-state index in [2.05, 4.69) is 47.8 Å². The van der Waals surface area contributed by atoms with Gasteiger partial charge in [-0.15, -0.1) is 0 Å². The summed E-state index contributed by atoms with van der Waals surface area (Å²) in [6.07, 6.45) is 0.990. The summed E-state index contributed by atoms with van der Waals surface area (Å²) in [4.78, 5) is 0. The minimum Gasteiger partial charge on any atom is -0.377 e. The molecule has 1 unspecified atom stereocenters. The lowest BCUT2D eigenvalue weighted by molar-refractivity contribution is 0.825. The summed E-state index contributed by atoms with van der Waals surface area (Å²) in [6, 6.07) is 21.3. The molecule has 0 aliphatic carbocycles. The van der Waals surface area contributed by atoms with Gasteiger partial charge in [0, 0.05) is 16.1 Å². The quantitative estimate of drug-likeness (QED) is 0.645. The molecule has 1 heterocycles. The first kappa shape index (κ1) is 11.8. The zero-order valence-corrected chi connectivity index (χ0v) is 11.7. The molecular weight excluding hydrogens is 266 g/mol. The lowest BCUT2D eigenvalue weighted by atomic mass is 10.0. The Bertz CT molecular complexity index is 794. The van der Waals surface area contributed by atoms with Gasteiger partial charge in [-0.2, -0.15) is 0 Å². The topological polar surface area (TPSA) is 12.0 Å². The van der Waals surface area contributed by atoms with Crippen LogP contribution in [0.3, 0.4) is 0 Å². The van der Waals surface area contributed by atoms with E-state index in [1.165, 1.54) is 27.6 Å². The van der Waals surface area contributed by atoms with Crippen LogP contribution in [0.5, 0.6) is 0 Å². The molecule has 1 nitrogen and oxygen atoms in total. The maximum atomic E-state index is 6.33. The van der Waals surface area contributed by atoms with Crippen LogP contribution in [0.25, 0.3) is 10.8 Å². The van der Waals surface area contributed by atoms with E-state index >= 15 is 0 Å². The second-order valence-electron chi connectivity index (χ2n) is 5.24. The van der Waals surface area contributed by atoms with Crippen LogP contribution in [-0.4, -0.2) is 0 Å². The maximum absolute atomic E-state index is 6.33. The highest BCUT2D eigenvalue weighted by Crippen LogP contribution is 2.40. The molecule has 98 valence electrons. The number of hydrogen-bond donors (Lipinski definition) is 1. The molecule has 0 amide bonds. The van der Waals surface area contributed by atoms with Crippen LogP contribution in [0.15, 0.2) is 60.7 Å². The Balaban J connectivity index is 1.81. The zero-order chi connectivity index (χ0) is 13.5. The van der Waals surface area contributed by atoms with Gasteiger partial charge in [0.15, 0.2) is 0 Å². The monoisotopic (exact) mass is 279 g/mol. The molecule has 4 rings (SSSR count). The van der Waals surface area contributed by atoms with Crippen LogP contribution in [-0.2, 0) is 6.42 Å². The Morgan fingerprint density at radius 1 is 0.900 bits per heavy atom. The van der Waals surface area contributed by atoms with Crippen molar-refractivity contribution < 1.29 is 0 Å².